The van der Waals surface area contributed by atoms with Crippen LogP contribution in [0.5, 0.6) is 17.2 Å². The smallest absolute Gasteiger partial charge is 0.203 e. The number of methoxy groups -OCH3 is 3. The second-order valence-electron chi connectivity index (χ2n) is 5.51. The van der Waals surface area contributed by atoms with Gasteiger partial charge in [0, 0.05) is 29.8 Å². The topological polar surface area (TPSA) is 51.2 Å². The molecule has 132 valence electrons. The summed E-state index contributed by atoms with van der Waals surface area (Å²) in [5.74, 6) is 1.94. The Labute approximate surface area is 147 Å². The highest BCUT2D eigenvalue weighted by Crippen LogP contribution is 2.39. The lowest BCUT2D eigenvalue weighted by atomic mass is 10.1. The minimum absolute atomic E-state index is 0.147. The highest BCUT2D eigenvalue weighted by atomic mass is 32.1. The van der Waals surface area contributed by atoms with Crippen molar-refractivity contribution in [2.75, 3.05) is 46.4 Å². The molecule has 0 aliphatic rings. The first-order chi connectivity index (χ1) is 11.5. The first-order valence-corrected chi connectivity index (χ1v) is 8.55. The van der Waals surface area contributed by atoms with E-state index in [0.29, 0.717) is 23.8 Å². The second kappa shape index (κ2) is 8.26. The van der Waals surface area contributed by atoms with Gasteiger partial charge in [-0.15, -0.1) is 11.3 Å². The fourth-order valence-electron chi connectivity index (χ4n) is 2.71. The average Bonchev–Trinajstić information content (AvgIpc) is 2.94. The molecule has 0 radical (unpaired) electrons. The van der Waals surface area contributed by atoms with E-state index < -0.39 is 0 Å². The maximum Gasteiger partial charge on any atom is 0.203 e. The zero-order chi connectivity index (χ0) is 17.7. The number of hydrogen-bond donors (Lipinski definition) is 1. The van der Waals surface area contributed by atoms with Crippen LogP contribution in [0.4, 0.5) is 5.69 Å². The maximum atomic E-state index is 9.12. The molecule has 1 N–H and O–H groups in total. The number of likely N-dealkylation sites (N-methyl/N-ethyl adjacent to an activating group) is 1. The SMILES string of the molecule is COc1cc(Cc2cc(N(C)CCO)c(C)s2)cc(OC)c1OC. The quantitative estimate of drug-likeness (QED) is 0.792. The van der Waals surface area contributed by atoms with Crippen LogP contribution >= 0.6 is 11.3 Å². The molecule has 0 spiro atoms. The van der Waals surface area contributed by atoms with Crippen molar-refractivity contribution in [3.05, 3.63) is 33.5 Å². The van der Waals surface area contributed by atoms with Gasteiger partial charge in [-0.25, -0.2) is 0 Å². The van der Waals surface area contributed by atoms with Crippen LogP contribution < -0.4 is 19.1 Å². The molecule has 2 rings (SSSR count). The summed E-state index contributed by atoms with van der Waals surface area (Å²) in [6.45, 7) is 2.88. The second-order valence-corrected chi connectivity index (χ2v) is 6.85. The zero-order valence-electron chi connectivity index (χ0n) is 14.9. The Balaban J connectivity index is 2.30. The van der Waals surface area contributed by atoms with Crippen LogP contribution in [0.3, 0.4) is 0 Å². The number of aryl methyl sites for hydroxylation is 1. The van der Waals surface area contributed by atoms with Gasteiger partial charge < -0.3 is 24.2 Å². The monoisotopic (exact) mass is 351 g/mol. The van der Waals surface area contributed by atoms with Gasteiger partial charge in [0.25, 0.3) is 0 Å². The molecule has 1 aromatic carbocycles. The Morgan fingerprint density at radius 1 is 1.04 bits per heavy atom. The first kappa shape index (κ1) is 18.4. The number of aliphatic hydroxyl groups excluding tert-OH is 1. The first-order valence-electron chi connectivity index (χ1n) is 7.74. The number of anilines is 1. The largest absolute Gasteiger partial charge is 0.493 e. The third-order valence-electron chi connectivity index (χ3n) is 3.89. The molecule has 0 fully saturated rings. The Kier molecular flexibility index (Phi) is 6.34. The molecule has 0 unspecified atom stereocenters. The van der Waals surface area contributed by atoms with E-state index in [-0.39, 0.29) is 6.61 Å². The van der Waals surface area contributed by atoms with E-state index >= 15 is 0 Å². The number of hydrogen-bond acceptors (Lipinski definition) is 6. The van der Waals surface area contributed by atoms with Gasteiger partial charge in [-0.3, -0.25) is 0 Å². The Morgan fingerprint density at radius 2 is 1.67 bits per heavy atom. The standard InChI is InChI=1S/C18H25NO4S/c1-12-15(19(2)6-7-20)11-14(24-12)8-13-9-16(21-3)18(23-5)17(10-13)22-4/h9-11,20H,6-8H2,1-5H3. The van der Waals surface area contributed by atoms with Gasteiger partial charge >= 0.3 is 0 Å². The molecule has 5 nitrogen and oxygen atoms in total. The van der Waals surface area contributed by atoms with Crippen molar-refractivity contribution < 1.29 is 19.3 Å². The van der Waals surface area contributed by atoms with E-state index in [9.17, 15) is 0 Å². The summed E-state index contributed by atoms with van der Waals surface area (Å²) < 4.78 is 16.2. The molecule has 1 heterocycles. The minimum atomic E-state index is 0.147. The lowest BCUT2D eigenvalue weighted by molar-refractivity contribution is 0.304. The van der Waals surface area contributed by atoms with Crippen molar-refractivity contribution in [2.45, 2.75) is 13.3 Å². The molecule has 0 aliphatic heterocycles. The summed E-state index contributed by atoms with van der Waals surface area (Å²) in [6, 6.07) is 6.14. The van der Waals surface area contributed by atoms with Gasteiger partial charge in [0.05, 0.1) is 33.6 Å². The molecule has 0 saturated heterocycles. The van der Waals surface area contributed by atoms with Crippen LogP contribution in [0.2, 0.25) is 0 Å². The normalized spacial score (nSPS) is 10.6. The lowest BCUT2D eigenvalue weighted by Crippen LogP contribution is -2.21. The fourth-order valence-corrected chi connectivity index (χ4v) is 3.83. The number of thiophene rings is 1. The Hall–Kier alpha value is -1.92. The van der Waals surface area contributed by atoms with E-state index in [1.165, 1.54) is 9.75 Å². The molecule has 0 atom stereocenters. The Morgan fingerprint density at radius 3 is 2.17 bits per heavy atom. The fraction of sp³-hybridized carbons (Fsp3) is 0.444. The zero-order valence-corrected chi connectivity index (χ0v) is 15.7. The summed E-state index contributed by atoms with van der Waals surface area (Å²) >= 11 is 1.76. The van der Waals surface area contributed by atoms with Crippen LogP contribution in [0.1, 0.15) is 15.3 Å². The minimum Gasteiger partial charge on any atom is -0.493 e. The summed E-state index contributed by atoms with van der Waals surface area (Å²) in [7, 11) is 6.84. The predicted molar refractivity (Wildman–Crippen MR) is 98.3 cm³/mol. The van der Waals surface area contributed by atoms with Crippen LogP contribution in [-0.4, -0.2) is 46.6 Å². The van der Waals surface area contributed by atoms with Crippen LogP contribution in [0.15, 0.2) is 18.2 Å². The molecular weight excluding hydrogens is 326 g/mol. The third kappa shape index (κ3) is 3.94. The molecule has 0 aliphatic carbocycles. The summed E-state index contributed by atoms with van der Waals surface area (Å²) in [6.07, 6.45) is 0.787. The summed E-state index contributed by atoms with van der Waals surface area (Å²) in [5.41, 5.74) is 2.26. The van der Waals surface area contributed by atoms with Crippen LogP contribution in [-0.2, 0) is 6.42 Å². The number of aliphatic hydroxyl groups is 1. The Bertz CT molecular complexity index is 659. The van der Waals surface area contributed by atoms with Gasteiger partial charge in [0.2, 0.25) is 5.75 Å². The van der Waals surface area contributed by atoms with Crippen LogP contribution in [0.25, 0.3) is 0 Å². The van der Waals surface area contributed by atoms with Crippen molar-refractivity contribution in [2.24, 2.45) is 0 Å². The van der Waals surface area contributed by atoms with Crippen molar-refractivity contribution in [3.63, 3.8) is 0 Å². The van der Waals surface area contributed by atoms with E-state index in [2.05, 4.69) is 17.9 Å². The molecular formula is C18H25NO4S. The molecule has 0 amide bonds. The molecule has 6 heteroatoms. The molecule has 1 aromatic heterocycles. The van der Waals surface area contributed by atoms with Crippen LogP contribution in [0, 0.1) is 6.92 Å². The van der Waals surface area contributed by atoms with Gasteiger partial charge in [0.1, 0.15) is 0 Å². The van der Waals surface area contributed by atoms with Crippen molar-refractivity contribution in [1.29, 1.82) is 0 Å². The molecule has 24 heavy (non-hydrogen) atoms. The summed E-state index contributed by atoms with van der Waals surface area (Å²) in [4.78, 5) is 4.57. The van der Waals surface area contributed by atoms with Crippen molar-refractivity contribution in [1.82, 2.24) is 0 Å². The molecule has 0 bridgehead atoms. The lowest BCUT2D eigenvalue weighted by Gasteiger charge is -2.17. The van der Waals surface area contributed by atoms with Gasteiger partial charge in [0.15, 0.2) is 11.5 Å². The van der Waals surface area contributed by atoms with Gasteiger partial charge in [-0.2, -0.15) is 0 Å². The average molecular weight is 351 g/mol. The number of nitrogens with zero attached hydrogens (tertiary/aromatic N) is 1. The molecule has 2 aromatic rings. The summed E-state index contributed by atoms with van der Waals surface area (Å²) in [5, 5.41) is 9.12. The van der Waals surface area contributed by atoms with E-state index in [1.807, 2.05) is 19.2 Å². The maximum absolute atomic E-state index is 9.12. The van der Waals surface area contributed by atoms with E-state index in [4.69, 9.17) is 19.3 Å². The van der Waals surface area contributed by atoms with E-state index in [1.54, 1.807) is 32.7 Å². The molecule has 0 saturated carbocycles. The third-order valence-corrected chi connectivity index (χ3v) is 4.93. The number of rotatable bonds is 8. The van der Waals surface area contributed by atoms with Crippen molar-refractivity contribution in [3.8, 4) is 17.2 Å². The number of benzene rings is 1. The van der Waals surface area contributed by atoms with Crippen molar-refractivity contribution >= 4 is 17.0 Å². The van der Waals surface area contributed by atoms with Gasteiger partial charge in [-0.1, -0.05) is 0 Å². The number of ether oxygens (including phenoxy) is 3. The van der Waals surface area contributed by atoms with Gasteiger partial charge in [-0.05, 0) is 30.7 Å². The highest BCUT2D eigenvalue weighted by Gasteiger charge is 2.15. The van der Waals surface area contributed by atoms with E-state index in [0.717, 1.165) is 17.7 Å². The predicted octanol–water partition coefficient (Wildman–Crippen LogP) is 3.10. The highest BCUT2D eigenvalue weighted by molar-refractivity contribution is 7.12.